The molecule has 3 aromatic rings. The van der Waals surface area contributed by atoms with Gasteiger partial charge in [0.2, 0.25) is 0 Å². The topological polar surface area (TPSA) is 49.8 Å². The second kappa shape index (κ2) is 4.07. The molecule has 18 heavy (non-hydrogen) atoms. The van der Waals surface area contributed by atoms with E-state index in [1.54, 1.807) is 7.05 Å². The van der Waals surface area contributed by atoms with Gasteiger partial charge in [0.15, 0.2) is 0 Å². The molecule has 0 saturated heterocycles. The number of rotatable bonds is 2. The second-order valence-electron chi connectivity index (χ2n) is 4.07. The van der Waals surface area contributed by atoms with Crippen molar-refractivity contribution in [2.75, 3.05) is 7.05 Å². The zero-order chi connectivity index (χ0) is 12.5. The number of nitrogens with one attached hydrogen (secondary N) is 2. The van der Waals surface area contributed by atoms with Crippen LogP contribution in [0, 0.1) is 0 Å². The van der Waals surface area contributed by atoms with Gasteiger partial charge in [0, 0.05) is 24.8 Å². The molecule has 0 atom stereocenters. The van der Waals surface area contributed by atoms with E-state index in [4.69, 9.17) is 0 Å². The van der Waals surface area contributed by atoms with Crippen molar-refractivity contribution in [2.24, 2.45) is 0 Å². The minimum absolute atomic E-state index is 0.0904. The van der Waals surface area contributed by atoms with E-state index in [0.29, 0.717) is 5.69 Å². The van der Waals surface area contributed by atoms with Crippen molar-refractivity contribution in [3.8, 4) is 5.69 Å². The van der Waals surface area contributed by atoms with E-state index in [1.165, 1.54) is 0 Å². The van der Waals surface area contributed by atoms with Crippen LogP contribution in [0.15, 0.2) is 48.8 Å². The lowest BCUT2D eigenvalue weighted by Gasteiger charge is -2.07. The maximum atomic E-state index is 12.0. The normalized spacial score (nSPS) is 10.7. The first-order chi connectivity index (χ1) is 8.81. The van der Waals surface area contributed by atoms with Crippen LogP contribution in [-0.4, -0.2) is 22.5 Å². The van der Waals surface area contributed by atoms with Crippen molar-refractivity contribution in [1.29, 1.82) is 0 Å². The van der Waals surface area contributed by atoms with E-state index in [0.717, 1.165) is 16.6 Å². The molecule has 1 amide bonds. The van der Waals surface area contributed by atoms with Gasteiger partial charge in [-0.2, -0.15) is 0 Å². The number of benzene rings is 1. The van der Waals surface area contributed by atoms with Crippen molar-refractivity contribution in [2.45, 2.75) is 0 Å². The molecule has 0 saturated carbocycles. The van der Waals surface area contributed by atoms with Crippen LogP contribution < -0.4 is 5.32 Å². The summed E-state index contributed by atoms with van der Waals surface area (Å²) in [5.41, 5.74) is 2.61. The monoisotopic (exact) mass is 239 g/mol. The summed E-state index contributed by atoms with van der Waals surface area (Å²) in [6.07, 6.45) is 3.72. The zero-order valence-electron chi connectivity index (χ0n) is 9.97. The Morgan fingerprint density at radius 3 is 2.83 bits per heavy atom. The van der Waals surface area contributed by atoms with Gasteiger partial charge in [0.05, 0.1) is 11.2 Å². The Kier molecular flexibility index (Phi) is 2.41. The molecule has 4 nitrogen and oxygen atoms in total. The molecule has 0 radical (unpaired) electrons. The molecule has 1 aromatic carbocycles. The molecule has 0 aliphatic rings. The number of H-pyrrole nitrogens is 1. The van der Waals surface area contributed by atoms with Crippen LogP contribution in [0.1, 0.15) is 10.5 Å². The highest BCUT2D eigenvalue weighted by atomic mass is 16.1. The number of para-hydroxylation sites is 1. The van der Waals surface area contributed by atoms with Gasteiger partial charge in [-0.1, -0.05) is 18.2 Å². The van der Waals surface area contributed by atoms with Crippen molar-refractivity contribution in [3.05, 3.63) is 54.5 Å². The van der Waals surface area contributed by atoms with Gasteiger partial charge in [-0.25, -0.2) is 0 Å². The number of fused-ring (bicyclic) bond motifs is 1. The van der Waals surface area contributed by atoms with Crippen LogP contribution in [-0.2, 0) is 0 Å². The summed E-state index contributed by atoms with van der Waals surface area (Å²) < 4.78 is 1.95. The molecule has 2 heterocycles. The first-order valence-corrected chi connectivity index (χ1v) is 5.77. The number of nitrogens with zero attached hydrogens (tertiary/aromatic N) is 1. The molecule has 90 valence electrons. The fourth-order valence-electron chi connectivity index (χ4n) is 2.18. The fourth-order valence-corrected chi connectivity index (χ4v) is 2.18. The lowest BCUT2D eigenvalue weighted by molar-refractivity contribution is 0.0957. The first-order valence-electron chi connectivity index (χ1n) is 5.77. The minimum Gasteiger partial charge on any atom is -0.366 e. The molecule has 0 spiro atoms. The molecule has 0 fully saturated rings. The molecule has 2 N–H and O–H groups in total. The van der Waals surface area contributed by atoms with E-state index in [-0.39, 0.29) is 5.91 Å². The van der Waals surface area contributed by atoms with Crippen LogP contribution >= 0.6 is 0 Å². The van der Waals surface area contributed by atoms with E-state index in [9.17, 15) is 4.79 Å². The summed E-state index contributed by atoms with van der Waals surface area (Å²) in [7, 11) is 1.64. The summed E-state index contributed by atoms with van der Waals surface area (Å²) in [4.78, 5) is 15.0. The minimum atomic E-state index is -0.0904. The molecule has 3 rings (SSSR count). The Morgan fingerprint density at radius 1 is 1.28 bits per heavy atom. The van der Waals surface area contributed by atoms with E-state index >= 15 is 0 Å². The highest BCUT2D eigenvalue weighted by Gasteiger charge is 2.15. The Labute approximate surface area is 104 Å². The van der Waals surface area contributed by atoms with Crippen LogP contribution in [0.5, 0.6) is 0 Å². The molecular formula is C14H13N3O. The molecule has 0 aliphatic carbocycles. The van der Waals surface area contributed by atoms with Gasteiger partial charge in [-0.15, -0.1) is 0 Å². The van der Waals surface area contributed by atoms with Crippen LogP contribution in [0.2, 0.25) is 0 Å². The Hall–Kier alpha value is -2.49. The van der Waals surface area contributed by atoms with Crippen LogP contribution in [0.25, 0.3) is 16.6 Å². The maximum absolute atomic E-state index is 12.0. The quantitative estimate of drug-likeness (QED) is 0.708. The van der Waals surface area contributed by atoms with Gasteiger partial charge in [-0.05, 0) is 18.2 Å². The number of amides is 1. The summed E-state index contributed by atoms with van der Waals surface area (Å²) >= 11 is 0. The predicted molar refractivity (Wildman–Crippen MR) is 71.0 cm³/mol. The highest BCUT2D eigenvalue weighted by Crippen LogP contribution is 2.24. The number of aromatic amines is 1. The van der Waals surface area contributed by atoms with Gasteiger partial charge in [-0.3, -0.25) is 4.79 Å². The predicted octanol–water partition coefficient (Wildman–Crippen LogP) is 2.32. The average molecular weight is 239 g/mol. The Morgan fingerprint density at radius 2 is 2.11 bits per heavy atom. The number of hydrogen-bond acceptors (Lipinski definition) is 1. The highest BCUT2D eigenvalue weighted by molar-refractivity contribution is 5.99. The third-order valence-corrected chi connectivity index (χ3v) is 3.01. The Balaban J connectivity index is 2.35. The van der Waals surface area contributed by atoms with Gasteiger partial charge in [0.1, 0.15) is 5.69 Å². The second-order valence-corrected chi connectivity index (χ2v) is 4.07. The van der Waals surface area contributed by atoms with Crippen molar-refractivity contribution in [3.63, 3.8) is 0 Å². The smallest absolute Gasteiger partial charge is 0.268 e. The molecular weight excluding hydrogens is 226 g/mol. The third kappa shape index (κ3) is 1.50. The molecule has 0 aliphatic heterocycles. The standard InChI is InChI=1S/C14H13N3O/c1-15-14(18)13-8-10-4-2-3-5-12(10)17(13)11-6-7-16-9-11/h2-9,16H,1H3,(H,15,18). The van der Waals surface area contributed by atoms with Gasteiger partial charge in [0.25, 0.3) is 5.91 Å². The van der Waals surface area contributed by atoms with Crippen molar-refractivity contribution in [1.82, 2.24) is 14.9 Å². The van der Waals surface area contributed by atoms with E-state index < -0.39 is 0 Å². The first kappa shape index (κ1) is 10.7. The largest absolute Gasteiger partial charge is 0.366 e. The third-order valence-electron chi connectivity index (χ3n) is 3.01. The van der Waals surface area contributed by atoms with Crippen LogP contribution in [0.4, 0.5) is 0 Å². The molecule has 4 heteroatoms. The summed E-state index contributed by atoms with van der Waals surface area (Å²) in [5.74, 6) is -0.0904. The lowest BCUT2D eigenvalue weighted by atomic mass is 10.2. The summed E-state index contributed by atoms with van der Waals surface area (Å²) in [6, 6.07) is 11.8. The molecule has 0 bridgehead atoms. The lowest BCUT2D eigenvalue weighted by Crippen LogP contribution is -2.20. The maximum Gasteiger partial charge on any atom is 0.268 e. The van der Waals surface area contributed by atoms with Gasteiger partial charge >= 0.3 is 0 Å². The SMILES string of the molecule is CNC(=O)c1cc2ccccc2n1-c1cc[nH]c1. The Bertz CT molecular complexity index is 695. The van der Waals surface area contributed by atoms with Crippen LogP contribution in [0.3, 0.4) is 0 Å². The number of carbonyl (C=O) groups excluding carboxylic acids is 1. The van der Waals surface area contributed by atoms with Gasteiger partial charge < -0.3 is 14.9 Å². The fraction of sp³-hybridized carbons (Fsp3) is 0.0714. The zero-order valence-corrected chi connectivity index (χ0v) is 9.97. The van der Waals surface area contributed by atoms with E-state index in [1.807, 2.05) is 53.4 Å². The van der Waals surface area contributed by atoms with E-state index in [2.05, 4.69) is 10.3 Å². The molecule has 0 unspecified atom stereocenters. The van der Waals surface area contributed by atoms with Crippen molar-refractivity contribution >= 4 is 16.8 Å². The number of aromatic nitrogens is 2. The van der Waals surface area contributed by atoms with Crippen molar-refractivity contribution < 1.29 is 4.79 Å². The summed E-state index contributed by atoms with van der Waals surface area (Å²) in [5, 5.41) is 3.73. The number of hydrogen-bond donors (Lipinski definition) is 2. The average Bonchev–Trinajstić information content (AvgIpc) is 3.03. The summed E-state index contributed by atoms with van der Waals surface area (Å²) in [6.45, 7) is 0. The molecule has 2 aromatic heterocycles. The number of carbonyl (C=O) groups is 1.